The van der Waals surface area contributed by atoms with E-state index in [2.05, 4.69) is 19.2 Å². The Bertz CT molecular complexity index is 819. The van der Waals surface area contributed by atoms with E-state index in [1.165, 1.54) is 186 Å². The SMILES string of the molecule is CCCCCCCCCCCCCCCCCCCCC(=O)N[C@@H](COP(=O)(O)OCCN)[C@H](O)CCCCCCCCCCCCCCCCCCC. The average molecular weight is 789 g/mol. The molecule has 0 bridgehead atoms. The average Bonchev–Trinajstić information content (AvgIpc) is 3.16. The number of aliphatic hydroxyl groups is 1. The largest absolute Gasteiger partial charge is 0.472 e. The van der Waals surface area contributed by atoms with Crippen molar-refractivity contribution >= 4 is 13.7 Å². The molecule has 0 saturated heterocycles. The number of phosphoric acid groups is 1. The number of nitrogens with two attached hydrogens (primary N) is 1. The minimum absolute atomic E-state index is 0.0927. The van der Waals surface area contributed by atoms with Gasteiger partial charge in [0.15, 0.2) is 0 Å². The Morgan fingerprint density at radius 3 is 1.19 bits per heavy atom. The van der Waals surface area contributed by atoms with E-state index in [0.717, 1.165) is 38.5 Å². The van der Waals surface area contributed by atoms with Crippen molar-refractivity contribution in [1.82, 2.24) is 5.32 Å². The van der Waals surface area contributed by atoms with Crippen LogP contribution in [0.4, 0.5) is 0 Å². The van der Waals surface area contributed by atoms with E-state index in [9.17, 15) is 19.4 Å². The highest BCUT2D eigenvalue weighted by Gasteiger charge is 2.27. The van der Waals surface area contributed by atoms with Gasteiger partial charge in [-0.1, -0.05) is 232 Å². The Hall–Kier alpha value is -0.500. The van der Waals surface area contributed by atoms with Gasteiger partial charge < -0.3 is 21.1 Å². The van der Waals surface area contributed by atoms with Gasteiger partial charge in [-0.15, -0.1) is 0 Å². The third-order valence-corrected chi connectivity index (χ3v) is 11.9. The lowest BCUT2D eigenvalue weighted by molar-refractivity contribution is -0.123. The van der Waals surface area contributed by atoms with Gasteiger partial charge in [0.05, 0.1) is 25.4 Å². The number of carbonyl (C=O) groups excluding carboxylic acids is 1. The Balaban J connectivity index is 4.07. The van der Waals surface area contributed by atoms with Gasteiger partial charge in [-0.25, -0.2) is 4.57 Å². The summed E-state index contributed by atoms with van der Waals surface area (Å²) in [5, 5.41) is 13.8. The van der Waals surface area contributed by atoms with Crippen LogP contribution in [0.3, 0.4) is 0 Å². The summed E-state index contributed by atoms with van der Waals surface area (Å²) < 4.78 is 22.2. The first-order chi connectivity index (χ1) is 26.4. The summed E-state index contributed by atoms with van der Waals surface area (Å²) in [6.07, 6.45) is 45.4. The molecule has 0 fully saturated rings. The van der Waals surface area contributed by atoms with Crippen LogP contribution in [0.25, 0.3) is 0 Å². The maximum Gasteiger partial charge on any atom is 0.472 e. The monoisotopic (exact) mass is 789 g/mol. The highest BCUT2D eigenvalue weighted by molar-refractivity contribution is 7.47. The third kappa shape index (κ3) is 39.7. The first-order valence-corrected chi connectivity index (χ1v) is 25.1. The van der Waals surface area contributed by atoms with Crippen LogP contribution in [-0.2, 0) is 18.4 Å². The zero-order valence-corrected chi connectivity index (χ0v) is 36.9. The molecule has 0 radical (unpaired) electrons. The molecule has 0 heterocycles. The van der Waals surface area contributed by atoms with Crippen molar-refractivity contribution in [3.63, 3.8) is 0 Å². The summed E-state index contributed by atoms with van der Waals surface area (Å²) in [5.41, 5.74) is 5.39. The number of nitrogens with one attached hydrogen (secondary N) is 1. The Morgan fingerprint density at radius 2 is 0.852 bits per heavy atom. The normalized spacial score (nSPS) is 13.9. The van der Waals surface area contributed by atoms with E-state index in [0.29, 0.717) is 12.8 Å². The highest BCUT2D eigenvalue weighted by atomic mass is 31.2. The Kier molecular flexibility index (Phi) is 41.7. The third-order valence-electron chi connectivity index (χ3n) is 11.0. The fourth-order valence-corrected chi connectivity index (χ4v) is 8.13. The molecule has 0 aromatic rings. The molecule has 3 atom stereocenters. The molecule has 1 unspecified atom stereocenters. The fourth-order valence-electron chi connectivity index (χ4n) is 7.37. The molecule has 0 saturated carbocycles. The van der Waals surface area contributed by atoms with E-state index in [1.807, 2.05) is 0 Å². The zero-order chi connectivity index (χ0) is 39.6. The van der Waals surface area contributed by atoms with Crippen LogP contribution in [0, 0.1) is 0 Å². The zero-order valence-electron chi connectivity index (χ0n) is 36.0. The van der Waals surface area contributed by atoms with Crippen molar-refractivity contribution in [3.8, 4) is 0 Å². The minimum atomic E-state index is -4.31. The molecule has 8 nitrogen and oxygen atoms in total. The molecule has 9 heteroatoms. The van der Waals surface area contributed by atoms with Crippen LogP contribution >= 0.6 is 7.82 Å². The summed E-state index contributed by atoms with van der Waals surface area (Å²) >= 11 is 0. The highest BCUT2D eigenvalue weighted by Crippen LogP contribution is 2.43. The molecule has 1 amide bonds. The maximum atomic E-state index is 12.8. The van der Waals surface area contributed by atoms with Gasteiger partial charge >= 0.3 is 7.82 Å². The molecular formula is C45H93N2O6P. The molecular weight excluding hydrogens is 695 g/mol. The van der Waals surface area contributed by atoms with Gasteiger partial charge in [-0.05, 0) is 12.8 Å². The van der Waals surface area contributed by atoms with Gasteiger partial charge in [-0.3, -0.25) is 13.8 Å². The van der Waals surface area contributed by atoms with Gasteiger partial charge in [0.1, 0.15) is 0 Å². The van der Waals surface area contributed by atoms with Gasteiger partial charge in [-0.2, -0.15) is 0 Å². The number of rotatable bonds is 45. The molecule has 54 heavy (non-hydrogen) atoms. The molecule has 0 rings (SSSR count). The van der Waals surface area contributed by atoms with Gasteiger partial charge in [0, 0.05) is 13.0 Å². The van der Waals surface area contributed by atoms with E-state index in [-0.39, 0.29) is 25.7 Å². The second kappa shape index (κ2) is 42.1. The number of aliphatic hydroxyl groups excluding tert-OH is 1. The molecule has 0 aliphatic rings. The van der Waals surface area contributed by atoms with Crippen LogP contribution in [0.1, 0.15) is 251 Å². The summed E-state index contributed by atoms with van der Waals surface area (Å²) in [6, 6.07) is -0.768. The van der Waals surface area contributed by atoms with Crippen LogP contribution in [-0.4, -0.2) is 47.8 Å². The lowest BCUT2D eigenvalue weighted by Gasteiger charge is -2.25. The molecule has 0 spiro atoms. The second-order valence-electron chi connectivity index (χ2n) is 16.3. The second-order valence-corrected chi connectivity index (χ2v) is 17.8. The van der Waals surface area contributed by atoms with Crippen LogP contribution in [0.15, 0.2) is 0 Å². The summed E-state index contributed by atoms with van der Waals surface area (Å²) in [7, 11) is -4.31. The van der Waals surface area contributed by atoms with Crippen LogP contribution < -0.4 is 11.1 Å². The molecule has 0 aromatic heterocycles. The summed E-state index contributed by atoms with van der Waals surface area (Å²) in [4.78, 5) is 22.8. The van der Waals surface area contributed by atoms with E-state index in [1.54, 1.807) is 0 Å². The van der Waals surface area contributed by atoms with Gasteiger partial charge in [0.2, 0.25) is 5.91 Å². The molecule has 324 valence electrons. The van der Waals surface area contributed by atoms with E-state index < -0.39 is 20.0 Å². The quantitative estimate of drug-likeness (QED) is 0.0357. The number of amides is 1. The van der Waals surface area contributed by atoms with Crippen molar-refractivity contribution < 1.29 is 28.4 Å². The van der Waals surface area contributed by atoms with E-state index in [4.69, 9.17) is 14.8 Å². The topological polar surface area (TPSA) is 131 Å². The summed E-state index contributed by atoms with van der Waals surface area (Å²) in [5.74, 6) is -0.155. The van der Waals surface area contributed by atoms with Gasteiger partial charge in [0.25, 0.3) is 0 Å². The minimum Gasteiger partial charge on any atom is -0.391 e. The summed E-state index contributed by atoms with van der Waals surface area (Å²) in [6.45, 7) is 4.25. The molecule has 5 N–H and O–H groups in total. The van der Waals surface area contributed by atoms with Crippen LogP contribution in [0.2, 0.25) is 0 Å². The van der Waals surface area contributed by atoms with E-state index >= 15 is 0 Å². The maximum absolute atomic E-state index is 12.8. The smallest absolute Gasteiger partial charge is 0.391 e. The van der Waals surface area contributed by atoms with Crippen LogP contribution in [0.5, 0.6) is 0 Å². The Morgan fingerprint density at radius 1 is 0.537 bits per heavy atom. The first-order valence-electron chi connectivity index (χ1n) is 23.7. The lowest BCUT2D eigenvalue weighted by Crippen LogP contribution is -2.46. The first kappa shape index (κ1) is 53.5. The molecule has 0 aliphatic carbocycles. The Labute approximate surface area is 335 Å². The fraction of sp³-hybridized carbons (Fsp3) is 0.978. The van der Waals surface area contributed by atoms with Crippen molar-refractivity contribution in [1.29, 1.82) is 0 Å². The molecule has 0 aromatic carbocycles. The number of carbonyl (C=O) groups is 1. The van der Waals surface area contributed by atoms with Crippen molar-refractivity contribution in [2.45, 2.75) is 264 Å². The van der Waals surface area contributed by atoms with Crippen molar-refractivity contribution in [2.75, 3.05) is 19.8 Å². The number of hydrogen-bond donors (Lipinski definition) is 4. The number of unbranched alkanes of at least 4 members (excludes halogenated alkanes) is 33. The predicted molar refractivity (Wildman–Crippen MR) is 231 cm³/mol. The standard InChI is InChI=1S/C45H93N2O6P/c1-3-5-7-9-11-13-15-17-19-21-23-25-27-29-31-33-35-37-39-45(49)47-43(42-53-54(50,51)52-41-40-46)44(48)38-36-34-32-30-28-26-24-22-20-18-16-14-12-10-8-6-4-2/h43-44,48H,3-42,46H2,1-2H3,(H,47,49)(H,50,51)/t43-,44+/m0/s1. The number of phosphoric ester groups is 1. The van der Waals surface area contributed by atoms with Crippen molar-refractivity contribution in [3.05, 3.63) is 0 Å². The predicted octanol–water partition coefficient (Wildman–Crippen LogP) is 13.4. The van der Waals surface area contributed by atoms with Crippen molar-refractivity contribution in [2.24, 2.45) is 5.73 Å². The lowest BCUT2D eigenvalue weighted by atomic mass is 10.0. The number of hydrogen-bond acceptors (Lipinski definition) is 6. The molecule has 0 aliphatic heterocycles.